The Balaban J connectivity index is 1.69. The van der Waals surface area contributed by atoms with Gasteiger partial charge in [0.15, 0.2) is 0 Å². The quantitative estimate of drug-likeness (QED) is 0.858. The molecule has 5 heteroatoms. The van der Waals surface area contributed by atoms with Crippen molar-refractivity contribution in [1.82, 2.24) is 9.80 Å². The van der Waals surface area contributed by atoms with Crippen LogP contribution in [0, 0.1) is 0 Å². The van der Waals surface area contributed by atoms with Crippen LogP contribution in [0.25, 0.3) is 10.8 Å². The Morgan fingerprint density at radius 2 is 1.88 bits per heavy atom. The molecule has 0 atom stereocenters. The normalized spacial score (nSPS) is 15.6. The van der Waals surface area contributed by atoms with Crippen LogP contribution in [0.1, 0.15) is 12.0 Å². The van der Waals surface area contributed by atoms with Gasteiger partial charge in [-0.1, -0.05) is 36.4 Å². The average molecular weight is 342 g/mol. The molecule has 1 aliphatic heterocycles. The van der Waals surface area contributed by atoms with Gasteiger partial charge in [0.2, 0.25) is 11.8 Å². The molecule has 0 spiro atoms. The average Bonchev–Trinajstić information content (AvgIpc) is 2.77. The minimum absolute atomic E-state index is 0.127. The van der Waals surface area contributed by atoms with E-state index in [-0.39, 0.29) is 11.8 Å². The van der Waals surface area contributed by atoms with Crippen molar-refractivity contribution in [2.24, 2.45) is 0 Å². The molecule has 0 unspecified atom stereocenters. The highest BCUT2D eigenvalue weighted by molar-refractivity contribution is 7.99. The number of rotatable bonds is 4. The van der Waals surface area contributed by atoms with Crippen molar-refractivity contribution in [3.63, 3.8) is 0 Å². The maximum atomic E-state index is 12.4. The van der Waals surface area contributed by atoms with Crippen molar-refractivity contribution in [3.05, 3.63) is 48.0 Å². The van der Waals surface area contributed by atoms with Gasteiger partial charge in [0.1, 0.15) is 0 Å². The molecule has 0 saturated carbocycles. The van der Waals surface area contributed by atoms with E-state index in [1.54, 1.807) is 0 Å². The van der Waals surface area contributed by atoms with Crippen LogP contribution in [0.3, 0.4) is 0 Å². The van der Waals surface area contributed by atoms with E-state index in [1.165, 1.54) is 22.5 Å². The molecule has 4 nitrogen and oxygen atoms in total. The number of hydrogen-bond acceptors (Lipinski definition) is 3. The molecule has 3 rings (SSSR count). The SMILES string of the molecule is CSCC(=O)N1CCC(=O)N(Cc2ccc3ccccc3c2)CC1. The number of amides is 2. The van der Waals surface area contributed by atoms with Gasteiger partial charge in [-0.15, -0.1) is 0 Å². The number of thioether (sulfide) groups is 1. The first-order valence-electron chi connectivity index (χ1n) is 8.19. The summed E-state index contributed by atoms with van der Waals surface area (Å²) in [5.74, 6) is 0.740. The zero-order valence-corrected chi connectivity index (χ0v) is 14.7. The summed E-state index contributed by atoms with van der Waals surface area (Å²) in [6, 6.07) is 14.6. The second-order valence-electron chi connectivity index (χ2n) is 6.06. The predicted octanol–water partition coefficient (Wildman–Crippen LogP) is 2.76. The molecule has 2 aromatic rings. The van der Waals surface area contributed by atoms with Crippen LogP contribution in [-0.2, 0) is 16.1 Å². The molecular weight excluding hydrogens is 320 g/mol. The van der Waals surface area contributed by atoms with E-state index in [0.717, 1.165) is 5.56 Å². The van der Waals surface area contributed by atoms with Crippen LogP contribution in [0.4, 0.5) is 0 Å². The minimum Gasteiger partial charge on any atom is -0.340 e. The zero-order chi connectivity index (χ0) is 16.9. The Morgan fingerprint density at radius 3 is 2.67 bits per heavy atom. The summed E-state index contributed by atoms with van der Waals surface area (Å²) in [6.07, 6.45) is 2.33. The van der Waals surface area contributed by atoms with Gasteiger partial charge in [-0.05, 0) is 28.7 Å². The van der Waals surface area contributed by atoms with Gasteiger partial charge in [0.25, 0.3) is 0 Å². The summed E-state index contributed by atoms with van der Waals surface area (Å²) in [6.45, 7) is 2.37. The predicted molar refractivity (Wildman–Crippen MR) is 98.9 cm³/mol. The summed E-state index contributed by atoms with van der Waals surface area (Å²) in [5.41, 5.74) is 1.13. The summed E-state index contributed by atoms with van der Waals surface area (Å²) in [7, 11) is 0. The number of fused-ring (bicyclic) bond motifs is 1. The van der Waals surface area contributed by atoms with Gasteiger partial charge in [-0.25, -0.2) is 0 Å². The molecule has 24 heavy (non-hydrogen) atoms. The number of carbonyl (C=O) groups is 2. The van der Waals surface area contributed by atoms with Gasteiger partial charge >= 0.3 is 0 Å². The molecule has 1 fully saturated rings. The lowest BCUT2D eigenvalue weighted by atomic mass is 10.1. The number of carbonyl (C=O) groups excluding carboxylic acids is 2. The Bertz CT molecular complexity index is 747. The highest BCUT2D eigenvalue weighted by Gasteiger charge is 2.23. The second kappa shape index (κ2) is 7.71. The molecule has 0 radical (unpaired) electrons. The molecule has 0 N–H and O–H groups in total. The highest BCUT2D eigenvalue weighted by atomic mass is 32.2. The monoisotopic (exact) mass is 342 g/mol. The third-order valence-electron chi connectivity index (χ3n) is 4.40. The Labute approximate surface area is 146 Å². The molecule has 1 saturated heterocycles. The standard InChI is InChI=1S/C19H22N2O2S/c1-24-14-19(23)20-9-8-18(22)21(11-10-20)13-15-6-7-16-4-2-3-5-17(16)12-15/h2-7,12H,8-11,13-14H2,1H3. The van der Waals surface area contributed by atoms with E-state index in [9.17, 15) is 9.59 Å². The summed E-state index contributed by atoms with van der Waals surface area (Å²) in [5, 5.41) is 2.39. The van der Waals surface area contributed by atoms with Crippen LogP contribution in [0.15, 0.2) is 42.5 Å². The first-order valence-corrected chi connectivity index (χ1v) is 9.59. The van der Waals surface area contributed by atoms with E-state index >= 15 is 0 Å². The van der Waals surface area contributed by atoms with Crippen LogP contribution in [0.2, 0.25) is 0 Å². The maximum Gasteiger partial charge on any atom is 0.232 e. The largest absolute Gasteiger partial charge is 0.340 e. The topological polar surface area (TPSA) is 40.6 Å². The number of benzene rings is 2. The maximum absolute atomic E-state index is 12.4. The van der Waals surface area contributed by atoms with Crippen LogP contribution in [-0.4, -0.2) is 53.3 Å². The van der Waals surface area contributed by atoms with E-state index < -0.39 is 0 Å². The van der Waals surface area contributed by atoms with Gasteiger partial charge in [0.05, 0.1) is 5.75 Å². The van der Waals surface area contributed by atoms with Crippen molar-refractivity contribution >= 4 is 34.3 Å². The van der Waals surface area contributed by atoms with Crippen molar-refractivity contribution < 1.29 is 9.59 Å². The number of hydrogen-bond donors (Lipinski definition) is 0. The van der Waals surface area contributed by atoms with Crippen molar-refractivity contribution in [2.45, 2.75) is 13.0 Å². The summed E-state index contributed by atoms with van der Waals surface area (Å²) in [4.78, 5) is 28.1. The van der Waals surface area contributed by atoms with Gasteiger partial charge < -0.3 is 9.80 Å². The summed E-state index contributed by atoms with van der Waals surface area (Å²) >= 11 is 1.53. The van der Waals surface area contributed by atoms with Crippen molar-refractivity contribution in [1.29, 1.82) is 0 Å². The molecule has 126 valence electrons. The third-order valence-corrected chi connectivity index (χ3v) is 4.93. The lowest BCUT2D eigenvalue weighted by molar-refractivity contribution is -0.130. The van der Waals surface area contributed by atoms with Gasteiger partial charge in [-0.3, -0.25) is 9.59 Å². The minimum atomic E-state index is 0.127. The molecule has 2 aromatic carbocycles. The summed E-state index contributed by atoms with van der Waals surface area (Å²) < 4.78 is 0. The fourth-order valence-corrected chi connectivity index (χ4v) is 3.49. The Morgan fingerprint density at radius 1 is 1.08 bits per heavy atom. The lowest BCUT2D eigenvalue weighted by Crippen LogP contribution is -2.36. The van der Waals surface area contributed by atoms with Crippen molar-refractivity contribution in [2.75, 3.05) is 31.6 Å². The van der Waals surface area contributed by atoms with Crippen LogP contribution >= 0.6 is 11.8 Å². The van der Waals surface area contributed by atoms with Gasteiger partial charge in [-0.2, -0.15) is 11.8 Å². The first-order chi connectivity index (χ1) is 11.7. The Hall–Kier alpha value is -2.01. The van der Waals surface area contributed by atoms with E-state index in [1.807, 2.05) is 28.2 Å². The molecule has 1 aliphatic rings. The first kappa shape index (κ1) is 16.8. The molecule has 0 aliphatic carbocycles. The molecule has 2 amide bonds. The van der Waals surface area contributed by atoms with Gasteiger partial charge in [0, 0.05) is 32.6 Å². The molecule has 0 bridgehead atoms. The smallest absolute Gasteiger partial charge is 0.232 e. The third kappa shape index (κ3) is 3.90. The second-order valence-corrected chi connectivity index (χ2v) is 6.93. The van der Waals surface area contributed by atoms with E-state index in [0.29, 0.717) is 38.4 Å². The molecule has 0 aromatic heterocycles. The van der Waals surface area contributed by atoms with Crippen LogP contribution < -0.4 is 0 Å². The fourth-order valence-electron chi connectivity index (χ4n) is 3.06. The van der Waals surface area contributed by atoms with E-state index in [4.69, 9.17) is 0 Å². The van der Waals surface area contributed by atoms with Crippen LogP contribution in [0.5, 0.6) is 0 Å². The van der Waals surface area contributed by atoms with Crippen molar-refractivity contribution in [3.8, 4) is 0 Å². The highest BCUT2D eigenvalue weighted by Crippen LogP contribution is 2.18. The zero-order valence-electron chi connectivity index (χ0n) is 13.9. The Kier molecular flexibility index (Phi) is 5.41. The molecular formula is C19H22N2O2S. The number of nitrogens with zero attached hydrogens (tertiary/aromatic N) is 2. The van der Waals surface area contributed by atoms with E-state index in [2.05, 4.69) is 30.3 Å². The fraction of sp³-hybridized carbons (Fsp3) is 0.368. The lowest BCUT2D eigenvalue weighted by Gasteiger charge is -2.22. The molecule has 1 heterocycles.